The summed E-state index contributed by atoms with van der Waals surface area (Å²) in [6.45, 7) is 1.78. The van der Waals surface area contributed by atoms with E-state index in [0.29, 0.717) is 11.8 Å². The number of nitrogens with zero attached hydrogens (tertiary/aromatic N) is 6. The standard InChI is InChI=1S/C25H26N6O2/c1-30-10-9-27-25(30)21-6-7-24(29-28-21)31-14-17-12-22(32)23(13-18(17)15-31)33-19-4-5-20-16(11-19)3-2-8-26-20/h2-11,17-18,22-23,32H,12-15H2,1H3/t17-,18+,22+,23+/m0/s1. The van der Waals surface area contributed by atoms with Gasteiger partial charge < -0.3 is 19.3 Å². The van der Waals surface area contributed by atoms with E-state index < -0.39 is 6.10 Å². The van der Waals surface area contributed by atoms with Crippen molar-refractivity contribution in [3.63, 3.8) is 0 Å². The molecule has 0 spiro atoms. The molecule has 8 nitrogen and oxygen atoms in total. The molecule has 1 N–H and O–H groups in total. The van der Waals surface area contributed by atoms with E-state index in [-0.39, 0.29) is 6.10 Å². The predicted molar refractivity (Wildman–Crippen MR) is 125 cm³/mol. The molecule has 3 aromatic heterocycles. The van der Waals surface area contributed by atoms with E-state index in [2.05, 4.69) is 25.1 Å². The first-order valence-corrected chi connectivity index (χ1v) is 11.4. The van der Waals surface area contributed by atoms with Crippen molar-refractivity contribution in [1.82, 2.24) is 24.7 Å². The molecule has 1 aliphatic heterocycles. The first kappa shape index (κ1) is 20.1. The zero-order chi connectivity index (χ0) is 22.4. The summed E-state index contributed by atoms with van der Waals surface area (Å²) in [6.07, 6.45) is 6.32. The summed E-state index contributed by atoms with van der Waals surface area (Å²) in [5.74, 6) is 3.34. The molecule has 4 aromatic rings. The molecule has 1 aromatic carbocycles. The number of hydrogen-bond acceptors (Lipinski definition) is 7. The van der Waals surface area contributed by atoms with E-state index in [0.717, 1.165) is 59.9 Å². The number of pyridine rings is 1. The molecule has 2 aliphatic rings. The van der Waals surface area contributed by atoms with E-state index in [9.17, 15) is 5.11 Å². The zero-order valence-corrected chi connectivity index (χ0v) is 18.5. The number of hydrogen-bond donors (Lipinski definition) is 1. The smallest absolute Gasteiger partial charge is 0.160 e. The maximum Gasteiger partial charge on any atom is 0.160 e. The summed E-state index contributed by atoms with van der Waals surface area (Å²) in [4.78, 5) is 11.0. The fourth-order valence-electron chi connectivity index (χ4n) is 5.23. The van der Waals surface area contributed by atoms with Gasteiger partial charge in [0.25, 0.3) is 0 Å². The number of aliphatic hydroxyl groups is 1. The molecule has 33 heavy (non-hydrogen) atoms. The molecule has 2 fully saturated rings. The van der Waals surface area contributed by atoms with Crippen molar-refractivity contribution < 1.29 is 9.84 Å². The first-order valence-electron chi connectivity index (χ1n) is 11.4. The maximum absolute atomic E-state index is 10.8. The molecule has 1 saturated heterocycles. The van der Waals surface area contributed by atoms with Crippen LogP contribution >= 0.6 is 0 Å². The number of imidazole rings is 1. The molecular weight excluding hydrogens is 416 g/mol. The van der Waals surface area contributed by atoms with Gasteiger partial charge in [-0.05, 0) is 61.1 Å². The number of aromatic nitrogens is 5. The lowest BCUT2D eigenvalue weighted by atomic mass is 9.78. The average Bonchev–Trinajstić information content (AvgIpc) is 3.45. The van der Waals surface area contributed by atoms with E-state index in [4.69, 9.17) is 4.74 Å². The summed E-state index contributed by atoms with van der Waals surface area (Å²) in [7, 11) is 1.95. The Morgan fingerprint density at radius 2 is 1.85 bits per heavy atom. The molecule has 0 radical (unpaired) electrons. The van der Waals surface area contributed by atoms with Crippen LogP contribution in [0.15, 0.2) is 61.1 Å². The van der Waals surface area contributed by atoms with Crippen LogP contribution in [-0.2, 0) is 7.05 Å². The minimum Gasteiger partial charge on any atom is -0.488 e. The Morgan fingerprint density at radius 3 is 2.64 bits per heavy atom. The minimum absolute atomic E-state index is 0.211. The summed E-state index contributed by atoms with van der Waals surface area (Å²) in [6, 6.07) is 13.8. The van der Waals surface area contributed by atoms with Crippen molar-refractivity contribution >= 4 is 16.7 Å². The topological polar surface area (TPSA) is 89.2 Å². The number of ether oxygens (including phenoxy) is 1. The summed E-state index contributed by atoms with van der Waals surface area (Å²) < 4.78 is 8.19. The summed E-state index contributed by atoms with van der Waals surface area (Å²) >= 11 is 0. The molecule has 1 saturated carbocycles. The Labute approximate surface area is 191 Å². The van der Waals surface area contributed by atoms with Gasteiger partial charge in [-0.25, -0.2) is 4.98 Å². The first-order chi connectivity index (χ1) is 16.1. The minimum atomic E-state index is -0.479. The molecule has 4 atom stereocenters. The summed E-state index contributed by atoms with van der Waals surface area (Å²) in [5, 5.41) is 20.7. The van der Waals surface area contributed by atoms with Gasteiger partial charge in [-0.3, -0.25) is 4.98 Å². The second-order valence-electron chi connectivity index (χ2n) is 9.12. The van der Waals surface area contributed by atoms with E-state index in [1.165, 1.54) is 0 Å². The van der Waals surface area contributed by atoms with Crippen molar-refractivity contribution in [3.05, 3.63) is 61.1 Å². The second kappa shape index (κ2) is 8.12. The molecular formula is C25H26N6O2. The molecule has 1 aliphatic carbocycles. The van der Waals surface area contributed by atoms with Crippen LogP contribution in [-0.4, -0.2) is 55.1 Å². The van der Waals surface area contributed by atoms with Gasteiger partial charge in [-0.2, -0.15) is 0 Å². The Kier molecular flexibility index (Phi) is 4.95. The van der Waals surface area contributed by atoms with Crippen LogP contribution in [0, 0.1) is 11.8 Å². The van der Waals surface area contributed by atoms with Gasteiger partial charge in [0.2, 0.25) is 0 Å². The number of aliphatic hydroxyl groups excluding tert-OH is 1. The van der Waals surface area contributed by atoms with Gasteiger partial charge in [0.05, 0.1) is 11.6 Å². The third-order valence-corrected chi connectivity index (χ3v) is 6.97. The highest BCUT2D eigenvalue weighted by Gasteiger charge is 2.43. The lowest BCUT2D eigenvalue weighted by molar-refractivity contribution is -0.0230. The normalized spacial score (nSPS) is 24.7. The van der Waals surface area contributed by atoms with Crippen molar-refractivity contribution in [1.29, 1.82) is 0 Å². The van der Waals surface area contributed by atoms with Gasteiger partial charge in [0.15, 0.2) is 11.6 Å². The highest BCUT2D eigenvalue weighted by Crippen LogP contribution is 2.39. The zero-order valence-electron chi connectivity index (χ0n) is 18.5. The monoisotopic (exact) mass is 442 g/mol. The Hall–Kier alpha value is -3.52. The molecule has 6 rings (SSSR count). The lowest BCUT2D eigenvalue weighted by Gasteiger charge is -2.35. The number of benzene rings is 1. The van der Waals surface area contributed by atoms with Gasteiger partial charge in [-0.1, -0.05) is 6.07 Å². The SMILES string of the molecule is Cn1ccnc1-c1ccc(N2C[C@H]3C[C@@H](Oc4ccc5ncccc5c4)[C@H](O)C[C@H]3C2)nn1. The Morgan fingerprint density at radius 1 is 0.970 bits per heavy atom. The summed E-state index contributed by atoms with van der Waals surface area (Å²) in [5.41, 5.74) is 1.70. The van der Waals surface area contributed by atoms with Gasteiger partial charge in [0, 0.05) is 44.1 Å². The van der Waals surface area contributed by atoms with E-state index in [1.807, 2.05) is 60.3 Å². The van der Waals surface area contributed by atoms with Gasteiger partial charge in [-0.15, -0.1) is 10.2 Å². The van der Waals surface area contributed by atoms with Crippen molar-refractivity contribution in [2.75, 3.05) is 18.0 Å². The van der Waals surface area contributed by atoms with Crippen LogP contribution in [0.1, 0.15) is 12.8 Å². The Balaban J connectivity index is 1.14. The quantitative estimate of drug-likeness (QED) is 0.519. The molecule has 4 heterocycles. The Bertz CT molecular complexity index is 1270. The van der Waals surface area contributed by atoms with Crippen LogP contribution in [0.5, 0.6) is 5.75 Å². The fourth-order valence-corrected chi connectivity index (χ4v) is 5.23. The van der Waals surface area contributed by atoms with E-state index >= 15 is 0 Å². The van der Waals surface area contributed by atoms with Crippen LogP contribution in [0.25, 0.3) is 22.4 Å². The second-order valence-corrected chi connectivity index (χ2v) is 9.12. The van der Waals surface area contributed by atoms with Crippen LogP contribution in [0.3, 0.4) is 0 Å². The molecule has 8 heteroatoms. The number of aryl methyl sites for hydroxylation is 1. The largest absolute Gasteiger partial charge is 0.488 e. The van der Waals surface area contributed by atoms with Crippen LogP contribution in [0.2, 0.25) is 0 Å². The third kappa shape index (κ3) is 3.80. The number of fused-ring (bicyclic) bond motifs is 2. The predicted octanol–water partition coefficient (Wildman–Crippen LogP) is 3.08. The third-order valence-electron chi connectivity index (χ3n) is 6.97. The van der Waals surface area contributed by atoms with Crippen molar-refractivity contribution in [2.45, 2.75) is 25.0 Å². The van der Waals surface area contributed by atoms with Gasteiger partial charge in [0.1, 0.15) is 17.5 Å². The highest BCUT2D eigenvalue weighted by molar-refractivity contribution is 5.79. The number of anilines is 1. The molecule has 0 unspecified atom stereocenters. The van der Waals surface area contributed by atoms with E-state index in [1.54, 1.807) is 12.4 Å². The van der Waals surface area contributed by atoms with Crippen molar-refractivity contribution in [3.8, 4) is 17.3 Å². The van der Waals surface area contributed by atoms with Crippen LogP contribution < -0.4 is 9.64 Å². The number of rotatable bonds is 4. The maximum atomic E-state index is 10.8. The molecule has 0 amide bonds. The highest BCUT2D eigenvalue weighted by atomic mass is 16.5. The fraction of sp³-hybridized carbons (Fsp3) is 0.360. The molecule has 168 valence electrons. The average molecular weight is 443 g/mol. The van der Waals surface area contributed by atoms with Crippen molar-refractivity contribution in [2.24, 2.45) is 18.9 Å². The lowest BCUT2D eigenvalue weighted by Crippen LogP contribution is -2.42. The molecule has 0 bridgehead atoms. The van der Waals surface area contributed by atoms with Crippen LogP contribution in [0.4, 0.5) is 5.82 Å². The van der Waals surface area contributed by atoms with Gasteiger partial charge >= 0.3 is 0 Å².